The lowest BCUT2D eigenvalue weighted by atomic mass is 9.69. The molecule has 0 bridgehead atoms. The molecule has 2 aliphatic rings. The molecular formula is C14H17N3O. The lowest BCUT2D eigenvalue weighted by molar-refractivity contribution is 0.0843. The summed E-state index contributed by atoms with van der Waals surface area (Å²) in [5, 5.41) is 9.34. The number of ether oxygens (including phenoxy) is 1. The summed E-state index contributed by atoms with van der Waals surface area (Å²) in [6, 6.07) is 4.40. The minimum Gasteiger partial charge on any atom is -0.381 e. The quantitative estimate of drug-likeness (QED) is 0.799. The van der Waals surface area contributed by atoms with Crippen molar-refractivity contribution in [1.82, 2.24) is 9.97 Å². The maximum Gasteiger partial charge on any atom is 0.148 e. The fourth-order valence-electron chi connectivity index (χ4n) is 2.74. The minimum atomic E-state index is -0.402. The third-order valence-corrected chi connectivity index (χ3v) is 4.17. The number of hydrogen-bond donors (Lipinski definition) is 0. The summed E-state index contributed by atoms with van der Waals surface area (Å²) in [7, 11) is 0. The Bertz CT molecular complexity index is 470. The van der Waals surface area contributed by atoms with Gasteiger partial charge < -0.3 is 4.74 Å². The van der Waals surface area contributed by atoms with Crippen LogP contribution in [-0.2, 0) is 10.2 Å². The Morgan fingerprint density at radius 1 is 1.33 bits per heavy atom. The van der Waals surface area contributed by atoms with E-state index in [1.807, 2.05) is 12.3 Å². The molecule has 2 heterocycles. The summed E-state index contributed by atoms with van der Waals surface area (Å²) < 4.78 is 5.38. The molecule has 0 spiro atoms. The summed E-state index contributed by atoms with van der Waals surface area (Å²) >= 11 is 0. The van der Waals surface area contributed by atoms with Gasteiger partial charge in [-0.2, -0.15) is 5.26 Å². The van der Waals surface area contributed by atoms with E-state index in [9.17, 15) is 5.26 Å². The molecule has 4 nitrogen and oxygen atoms in total. The van der Waals surface area contributed by atoms with E-state index in [-0.39, 0.29) is 0 Å². The van der Waals surface area contributed by atoms with Crippen molar-refractivity contribution < 1.29 is 4.74 Å². The van der Waals surface area contributed by atoms with E-state index in [0.717, 1.165) is 56.8 Å². The van der Waals surface area contributed by atoms with Gasteiger partial charge in [-0.15, -0.1) is 0 Å². The first-order valence-corrected chi connectivity index (χ1v) is 6.66. The van der Waals surface area contributed by atoms with Gasteiger partial charge in [0.25, 0.3) is 0 Å². The van der Waals surface area contributed by atoms with Gasteiger partial charge in [-0.25, -0.2) is 9.97 Å². The average molecular weight is 243 g/mol. The normalized spacial score (nSPS) is 23.1. The lowest BCUT2D eigenvalue weighted by Crippen LogP contribution is -2.35. The first kappa shape index (κ1) is 11.6. The molecular weight excluding hydrogens is 226 g/mol. The Labute approximate surface area is 107 Å². The van der Waals surface area contributed by atoms with E-state index in [4.69, 9.17) is 4.74 Å². The van der Waals surface area contributed by atoms with Gasteiger partial charge in [-0.3, -0.25) is 0 Å². The third kappa shape index (κ3) is 1.89. The smallest absolute Gasteiger partial charge is 0.148 e. The predicted molar refractivity (Wildman–Crippen MR) is 66.0 cm³/mol. The zero-order valence-electron chi connectivity index (χ0n) is 10.4. The van der Waals surface area contributed by atoms with Crippen LogP contribution < -0.4 is 0 Å². The summed E-state index contributed by atoms with van der Waals surface area (Å²) in [6.07, 6.45) is 6.77. The van der Waals surface area contributed by atoms with Crippen LogP contribution in [0.3, 0.4) is 0 Å². The molecule has 18 heavy (non-hydrogen) atoms. The Morgan fingerprint density at radius 2 is 2.11 bits per heavy atom. The Balaban J connectivity index is 1.87. The highest BCUT2D eigenvalue weighted by molar-refractivity contribution is 5.26. The zero-order valence-corrected chi connectivity index (χ0v) is 10.4. The molecule has 1 saturated heterocycles. The van der Waals surface area contributed by atoms with Crippen LogP contribution in [0.4, 0.5) is 0 Å². The molecule has 1 aromatic heterocycles. The Morgan fingerprint density at radius 3 is 2.72 bits per heavy atom. The lowest BCUT2D eigenvalue weighted by Gasteiger charge is -2.33. The Hall–Kier alpha value is -1.47. The highest BCUT2D eigenvalue weighted by Crippen LogP contribution is 2.41. The Kier molecular flexibility index (Phi) is 3.00. The van der Waals surface area contributed by atoms with Crippen LogP contribution in [0.5, 0.6) is 0 Å². The molecule has 0 aromatic carbocycles. The molecule has 1 aromatic rings. The van der Waals surface area contributed by atoms with Crippen LogP contribution >= 0.6 is 0 Å². The topological polar surface area (TPSA) is 58.8 Å². The zero-order chi connectivity index (χ0) is 12.4. The van der Waals surface area contributed by atoms with Crippen molar-refractivity contribution in [3.8, 4) is 6.07 Å². The SMILES string of the molecule is N#CC1(c2nccc(C3CCOCC3)n2)CCC1. The number of hydrogen-bond acceptors (Lipinski definition) is 4. The van der Waals surface area contributed by atoms with Gasteiger partial charge >= 0.3 is 0 Å². The van der Waals surface area contributed by atoms with Crippen LogP contribution in [-0.4, -0.2) is 23.2 Å². The van der Waals surface area contributed by atoms with Gasteiger partial charge in [0.15, 0.2) is 0 Å². The van der Waals surface area contributed by atoms with Gasteiger partial charge in [0, 0.05) is 31.0 Å². The molecule has 4 heteroatoms. The number of aromatic nitrogens is 2. The molecule has 0 unspecified atom stereocenters. The minimum absolute atomic E-state index is 0.402. The van der Waals surface area contributed by atoms with Crippen molar-refractivity contribution in [1.29, 1.82) is 5.26 Å². The maximum absolute atomic E-state index is 9.34. The van der Waals surface area contributed by atoms with Crippen LogP contribution in [0.25, 0.3) is 0 Å². The highest BCUT2D eigenvalue weighted by Gasteiger charge is 2.42. The fourth-order valence-corrected chi connectivity index (χ4v) is 2.74. The first-order valence-electron chi connectivity index (χ1n) is 6.66. The van der Waals surface area contributed by atoms with E-state index in [0.29, 0.717) is 5.92 Å². The van der Waals surface area contributed by atoms with Crippen molar-refractivity contribution in [2.24, 2.45) is 0 Å². The van der Waals surface area contributed by atoms with Gasteiger partial charge in [0.05, 0.1) is 6.07 Å². The van der Waals surface area contributed by atoms with E-state index in [1.165, 1.54) is 0 Å². The second-order valence-corrected chi connectivity index (χ2v) is 5.24. The van der Waals surface area contributed by atoms with Crippen molar-refractivity contribution >= 4 is 0 Å². The second-order valence-electron chi connectivity index (χ2n) is 5.24. The van der Waals surface area contributed by atoms with Crippen LogP contribution in [0, 0.1) is 11.3 Å². The third-order valence-electron chi connectivity index (χ3n) is 4.17. The predicted octanol–water partition coefficient (Wildman–Crippen LogP) is 2.32. The summed E-state index contributed by atoms with van der Waals surface area (Å²) in [6.45, 7) is 1.63. The molecule has 0 radical (unpaired) electrons. The first-order chi connectivity index (χ1) is 8.84. The van der Waals surface area contributed by atoms with Crippen molar-refractivity contribution in [2.75, 3.05) is 13.2 Å². The van der Waals surface area contributed by atoms with E-state index in [1.54, 1.807) is 0 Å². The van der Waals surface area contributed by atoms with E-state index < -0.39 is 5.41 Å². The molecule has 0 atom stereocenters. The molecule has 94 valence electrons. The molecule has 3 rings (SSSR count). The standard InChI is InChI=1S/C14H17N3O/c15-10-14(5-1-6-14)13-16-7-2-12(17-13)11-3-8-18-9-4-11/h2,7,11H,1,3-6,8-9H2. The maximum atomic E-state index is 9.34. The molecule has 2 fully saturated rings. The van der Waals surface area contributed by atoms with Crippen LogP contribution in [0.2, 0.25) is 0 Å². The van der Waals surface area contributed by atoms with Crippen LogP contribution in [0.15, 0.2) is 12.3 Å². The molecule has 1 saturated carbocycles. The highest BCUT2D eigenvalue weighted by atomic mass is 16.5. The van der Waals surface area contributed by atoms with E-state index in [2.05, 4.69) is 16.0 Å². The summed E-state index contributed by atoms with van der Waals surface area (Å²) in [5.41, 5.74) is 0.686. The van der Waals surface area contributed by atoms with Gasteiger partial charge in [0.2, 0.25) is 0 Å². The largest absolute Gasteiger partial charge is 0.381 e. The number of rotatable bonds is 2. The van der Waals surface area contributed by atoms with Gasteiger partial charge in [0.1, 0.15) is 11.2 Å². The number of nitriles is 1. The summed E-state index contributed by atoms with van der Waals surface area (Å²) in [5.74, 6) is 1.21. The fraction of sp³-hybridized carbons (Fsp3) is 0.643. The molecule has 1 aliphatic carbocycles. The van der Waals surface area contributed by atoms with Gasteiger partial charge in [-0.1, -0.05) is 0 Å². The molecule has 1 aliphatic heterocycles. The average Bonchev–Trinajstić information content (AvgIpc) is 2.40. The van der Waals surface area contributed by atoms with Crippen LogP contribution in [0.1, 0.15) is 49.5 Å². The second kappa shape index (κ2) is 4.66. The molecule has 0 N–H and O–H groups in total. The van der Waals surface area contributed by atoms with Crippen molar-refractivity contribution in [3.05, 3.63) is 23.8 Å². The van der Waals surface area contributed by atoms with Crippen molar-refractivity contribution in [2.45, 2.75) is 43.4 Å². The number of nitrogens with zero attached hydrogens (tertiary/aromatic N) is 3. The van der Waals surface area contributed by atoms with Gasteiger partial charge in [-0.05, 0) is 38.2 Å². The monoisotopic (exact) mass is 243 g/mol. The summed E-state index contributed by atoms with van der Waals surface area (Å²) in [4.78, 5) is 9.01. The van der Waals surface area contributed by atoms with E-state index >= 15 is 0 Å². The van der Waals surface area contributed by atoms with Crippen molar-refractivity contribution in [3.63, 3.8) is 0 Å². The molecule has 0 amide bonds.